The Morgan fingerprint density at radius 2 is 2.07 bits per heavy atom. The molecule has 1 N–H and O–H groups in total. The number of carbonyl (C=O) groups is 1. The Morgan fingerprint density at radius 1 is 1.40 bits per heavy atom. The van der Waals surface area contributed by atoms with Crippen molar-refractivity contribution in [3.05, 3.63) is 0 Å². The molecule has 2 fully saturated rings. The summed E-state index contributed by atoms with van der Waals surface area (Å²) in [6.45, 7) is 4.33. The number of piperidine rings is 1. The Labute approximate surface area is 91.5 Å². The van der Waals surface area contributed by atoms with E-state index in [9.17, 15) is 9.90 Å². The second-order valence-electron chi connectivity index (χ2n) is 4.93. The molecule has 1 heterocycles. The van der Waals surface area contributed by atoms with E-state index < -0.39 is 5.97 Å². The second kappa shape index (κ2) is 4.12. The van der Waals surface area contributed by atoms with Crippen LogP contribution in [0.4, 0.5) is 0 Å². The largest absolute Gasteiger partial charge is 0.480 e. The van der Waals surface area contributed by atoms with Crippen molar-refractivity contribution in [1.82, 2.24) is 4.90 Å². The minimum absolute atomic E-state index is 0.186. The van der Waals surface area contributed by atoms with Crippen molar-refractivity contribution in [2.45, 2.75) is 64.1 Å². The molecule has 1 saturated heterocycles. The van der Waals surface area contributed by atoms with Crippen molar-refractivity contribution < 1.29 is 9.90 Å². The molecule has 3 heteroatoms. The third-order valence-corrected chi connectivity index (χ3v) is 4.25. The first kappa shape index (κ1) is 10.9. The van der Waals surface area contributed by atoms with Gasteiger partial charge in [-0.1, -0.05) is 13.8 Å². The first-order chi connectivity index (χ1) is 7.19. The molecule has 1 aliphatic carbocycles. The zero-order chi connectivity index (χ0) is 11.0. The van der Waals surface area contributed by atoms with E-state index in [1.807, 2.05) is 0 Å². The number of aliphatic carboxylic acids is 1. The van der Waals surface area contributed by atoms with Gasteiger partial charge in [0.05, 0.1) is 0 Å². The fourth-order valence-corrected chi connectivity index (χ4v) is 3.58. The number of rotatable bonds is 4. The molecule has 1 aliphatic heterocycles. The van der Waals surface area contributed by atoms with Gasteiger partial charge in [0.1, 0.15) is 6.04 Å². The molecule has 0 aromatic heterocycles. The van der Waals surface area contributed by atoms with Gasteiger partial charge in [-0.2, -0.15) is 0 Å². The molecule has 0 radical (unpaired) electrons. The average Bonchev–Trinajstić information content (AvgIpc) is 2.79. The van der Waals surface area contributed by atoms with Gasteiger partial charge in [-0.3, -0.25) is 9.69 Å². The van der Waals surface area contributed by atoms with E-state index in [2.05, 4.69) is 18.7 Å². The number of likely N-dealkylation sites (tertiary alicyclic amines) is 1. The van der Waals surface area contributed by atoms with Crippen LogP contribution in [-0.4, -0.2) is 34.1 Å². The molecule has 3 nitrogen and oxygen atoms in total. The molecule has 2 aliphatic rings. The zero-order valence-electron chi connectivity index (χ0n) is 9.65. The summed E-state index contributed by atoms with van der Waals surface area (Å²) in [7, 11) is 0. The lowest BCUT2D eigenvalue weighted by Crippen LogP contribution is -2.50. The molecule has 2 rings (SSSR count). The number of carboxylic acids is 1. The summed E-state index contributed by atoms with van der Waals surface area (Å²) < 4.78 is 0. The Kier molecular flexibility index (Phi) is 3.01. The highest BCUT2D eigenvalue weighted by molar-refractivity contribution is 5.74. The molecule has 2 bridgehead atoms. The van der Waals surface area contributed by atoms with Crippen LogP contribution in [0.1, 0.15) is 46.0 Å². The molecule has 0 spiro atoms. The van der Waals surface area contributed by atoms with Gasteiger partial charge < -0.3 is 5.11 Å². The summed E-state index contributed by atoms with van der Waals surface area (Å²) in [6, 6.07) is 0.844. The second-order valence-corrected chi connectivity index (χ2v) is 4.93. The first-order valence-corrected chi connectivity index (χ1v) is 6.19. The van der Waals surface area contributed by atoms with Gasteiger partial charge in [0.2, 0.25) is 0 Å². The summed E-state index contributed by atoms with van der Waals surface area (Å²) in [5.74, 6) is -0.179. The summed E-state index contributed by atoms with van der Waals surface area (Å²) in [5.41, 5.74) is 0. The van der Waals surface area contributed by atoms with E-state index in [4.69, 9.17) is 0 Å². The maximum Gasteiger partial charge on any atom is 0.321 e. The molecular weight excluding hydrogens is 190 g/mol. The maximum absolute atomic E-state index is 11.3. The van der Waals surface area contributed by atoms with E-state index >= 15 is 0 Å². The van der Waals surface area contributed by atoms with Gasteiger partial charge in [-0.25, -0.2) is 0 Å². The van der Waals surface area contributed by atoms with Crippen LogP contribution in [-0.2, 0) is 4.79 Å². The van der Waals surface area contributed by atoms with Gasteiger partial charge in [0.15, 0.2) is 0 Å². The van der Waals surface area contributed by atoms with Crippen LogP contribution in [0, 0.1) is 5.92 Å². The highest BCUT2D eigenvalue weighted by Crippen LogP contribution is 2.44. The Morgan fingerprint density at radius 3 is 2.60 bits per heavy atom. The lowest BCUT2D eigenvalue weighted by molar-refractivity contribution is -0.146. The molecule has 0 amide bonds. The summed E-state index contributed by atoms with van der Waals surface area (Å²) >= 11 is 0. The van der Waals surface area contributed by atoms with Crippen LogP contribution in [0.25, 0.3) is 0 Å². The molecular formula is C12H21NO2. The third kappa shape index (κ3) is 1.67. The van der Waals surface area contributed by atoms with Crippen LogP contribution in [0.5, 0.6) is 0 Å². The normalized spacial score (nSPS) is 35.3. The van der Waals surface area contributed by atoms with Crippen LogP contribution in [0.2, 0.25) is 0 Å². The van der Waals surface area contributed by atoms with Crippen molar-refractivity contribution in [3.63, 3.8) is 0 Å². The number of nitrogens with zero attached hydrogens (tertiary/aromatic N) is 1. The van der Waals surface area contributed by atoms with E-state index in [-0.39, 0.29) is 6.04 Å². The van der Waals surface area contributed by atoms with Crippen molar-refractivity contribution >= 4 is 5.97 Å². The molecule has 1 saturated carbocycles. The van der Waals surface area contributed by atoms with Crippen LogP contribution >= 0.6 is 0 Å². The lowest BCUT2D eigenvalue weighted by atomic mass is 9.96. The van der Waals surface area contributed by atoms with Crippen molar-refractivity contribution in [3.8, 4) is 0 Å². The highest BCUT2D eigenvalue weighted by Gasteiger charge is 2.50. The van der Waals surface area contributed by atoms with Crippen molar-refractivity contribution in [1.29, 1.82) is 0 Å². The van der Waals surface area contributed by atoms with Gasteiger partial charge in [-0.05, 0) is 38.0 Å². The molecule has 0 aromatic carbocycles. The lowest BCUT2D eigenvalue weighted by Gasteiger charge is -2.38. The van der Waals surface area contributed by atoms with Crippen LogP contribution in [0.3, 0.4) is 0 Å². The maximum atomic E-state index is 11.3. The Balaban J connectivity index is 2.17. The van der Waals surface area contributed by atoms with E-state index in [1.54, 1.807) is 0 Å². The minimum atomic E-state index is -0.603. The Hall–Kier alpha value is -0.570. The number of hydrogen-bond donors (Lipinski definition) is 1. The average molecular weight is 211 g/mol. The summed E-state index contributed by atoms with van der Waals surface area (Å²) in [4.78, 5) is 13.6. The van der Waals surface area contributed by atoms with Gasteiger partial charge in [-0.15, -0.1) is 0 Å². The predicted molar refractivity (Wildman–Crippen MR) is 58.8 cm³/mol. The number of carboxylic acid groups (broad SMARTS) is 1. The minimum Gasteiger partial charge on any atom is -0.480 e. The topological polar surface area (TPSA) is 40.5 Å². The quantitative estimate of drug-likeness (QED) is 0.774. The molecule has 15 heavy (non-hydrogen) atoms. The monoisotopic (exact) mass is 211 g/mol. The number of fused-ring (bicyclic) bond motifs is 2. The first-order valence-electron chi connectivity index (χ1n) is 6.19. The van der Waals surface area contributed by atoms with Crippen molar-refractivity contribution in [2.24, 2.45) is 5.92 Å². The van der Waals surface area contributed by atoms with E-state index in [0.717, 1.165) is 25.7 Å². The standard InChI is InChI=1S/C12H21NO2/c1-3-9(4-2)13-10-6-5-8(7-10)11(13)12(14)15/h8-11H,3-7H2,1-2H3,(H,14,15)/t8-,10+,11-/m0/s1. The SMILES string of the molecule is CCC(CC)N1[C@@H]2CC[C@@H](C2)[C@H]1C(=O)O. The summed E-state index contributed by atoms with van der Waals surface area (Å²) in [6.07, 6.45) is 5.60. The third-order valence-electron chi connectivity index (χ3n) is 4.25. The molecule has 0 unspecified atom stereocenters. The Bertz CT molecular complexity index is 250. The highest BCUT2D eigenvalue weighted by atomic mass is 16.4. The fourth-order valence-electron chi connectivity index (χ4n) is 3.58. The van der Waals surface area contributed by atoms with E-state index in [0.29, 0.717) is 18.0 Å². The fraction of sp³-hybridized carbons (Fsp3) is 0.917. The van der Waals surface area contributed by atoms with Crippen LogP contribution < -0.4 is 0 Å². The van der Waals surface area contributed by atoms with E-state index in [1.165, 1.54) is 6.42 Å². The zero-order valence-corrected chi connectivity index (χ0v) is 9.65. The van der Waals surface area contributed by atoms with Crippen LogP contribution in [0.15, 0.2) is 0 Å². The predicted octanol–water partition coefficient (Wildman–Crippen LogP) is 2.11. The molecule has 86 valence electrons. The molecule has 3 atom stereocenters. The smallest absolute Gasteiger partial charge is 0.321 e. The number of hydrogen-bond acceptors (Lipinski definition) is 2. The molecule has 0 aromatic rings. The van der Waals surface area contributed by atoms with Gasteiger partial charge in [0, 0.05) is 12.1 Å². The van der Waals surface area contributed by atoms with Gasteiger partial charge in [0.25, 0.3) is 0 Å². The van der Waals surface area contributed by atoms with Crippen molar-refractivity contribution in [2.75, 3.05) is 0 Å². The van der Waals surface area contributed by atoms with Gasteiger partial charge >= 0.3 is 5.97 Å². The summed E-state index contributed by atoms with van der Waals surface area (Å²) in [5, 5.41) is 9.30.